The van der Waals surface area contributed by atoms with E-state index in [-0.39, 0.29) is 6.42 Å². The van der Waals surface area contributed by atoms with Gasteiger partial charge in [-0.15, -0.1) is 0 Å². The van der Waals surface area contributed by atoms with Crippen LogP contribution in [0.2, 0.25) is 0 Å². The van der Waals surface area contributed by atoms with E-state index >= 15 is 0 Å². The molecule has 0 amide bonds. The summed E-state index contributed by atoms with van der Waals surface area (Å²) < 4.78 is 1.88. The number of aromatic nitrogens is 2. The lowest BCUT2D eigenvalue weighted by Crippen LogP contribution is -2.29. The van der Waals surface area contributed by atoms with Gasteiger partial charge in [-0.25, -0.2) is 0 Å². The van der Waals surface area contributed by atoms with Crippen molar-refractivity contribution in [3.8, 4) is 0 Å². The van der Waals surface area contributed by atoms with Crippen LogP contribution in [0.4, 0.5) is 0 Å². The molecule has 0 spiro atoms. The first-order chi connectivity index (χ1) is 8.06. The molecule has 1 aliphatic carbocycles. The zero-order chi connectivity index (χ0) is 12.4. The summed E-state index contributed by atoms with van der Waals surface area (Å²) >= 11 is 0. The Labute approximate surface area is 101 Å². The monoisotopic (exact) mass is 237 g/mol. The topological polar surface area (TPSA) is 58.4 Å². The predicted octanol–water partition coefficient (Wildman–Crippen LogP) is 1.17. The highest BCUT2D eigenvalue weighted by Crippen LogP contribution is 2.28. The molecule has 1 aromatic rings. The average molecular weight is 237 g/mol. The minimum Gasteiger partial charge on any atom is -0.481 e. The van der Waals surface area contributed by atoms with Gasteiger partial charge in [0.15, 0.2) is 0 Å². The minimum atomic E-state index is -0.725. The molecule has 5 heteroatoms. The van der Waals surface area contributed by atoms with Gasteiger partial charge in [0.2, 0.25) is 0 Å². The first-order valence-corrected chi connectivity index (χ1v) is 6.01. The fourth-order valence-corrected chi connectivity index (χ4v) is 2.09. The van der Waals surface area contributed by atoms with Crippen LogP contribution >= 0.6 is 0 Å². The van der Waals surface area contributed by atoms with Crippen LogP contribution in [0.15, 0.2) is 6.07 Å². The number of carbonyl (C=O) groups is 1. The van der Waals surface area contributed by atoms with Crippen LogP contribution in [0, 0.1) is 6.92 Å². The van der Waals surface area contributed by atoms with E-state index in [4.69, 9.17) is 5.11 Å². The van der Waals surface area contributed by atoms with Gasteiger partial charge in [-0.05, 0) is 25.8 Å². The largest absolute Gasteiger partial charge is 0.481 e. The van der Waals surface area contributed by atoms with Gasteiger partial charge in [0, 0.05) is 26.2 Å². The molecule has 94 valence electrons. The molecular formula is C12H19N3O2. The van der Waals surface area contributed by atoms with Crippen molar-refractivity contribution in [2.45, 2.75) is 38.8 Å². The Morgan fingerprint density at radius 2 is 2.35 bits per heavy atom. The molecule has 0 aromatic carbocycles. The lowest BCUT2D eigenvalue weighted by molar-refractivity contribution is -0.137. The van der Waals surface area contributed by atoms with Gasteiger partial charge in [0.1, 0.15) is 0 Å². The first kappa shape index (κ1) is 12.1. The van der Waals surface area contributed by atoms with Gasteiger partial charge in [-0.2, -0.15) is 5.10 Å². The average Bonchev–Trinajstić information content (AvgIpc) is 3.01. The molecule has 1 saturated carbocycles. The summed E-state index contributed by atoms with van der Waals surface area (Å²) in [6.07, 6.45) is 2.60. The zero-order valence-electron chi connectivity index (χ0n) is 10.4. The Balaban J connectivity index is 1.97. The second-order valence-electron chi connectivity index (χ2n) is 4.75. The third-order valence-electron chi connectivity index (χ3n) is 3.14. The molecule has 1 fully saturated rings. The third kappa shape index (κ3) is 3.30. The molecule has 1 aromatic heterocycles. The van der Waals surface area contributed by atoms with Crippen LogP contribution in [0.25, 0.3) is 0 Å². The van der Waals surface area contributed by atoms with Crippen molar-refractivity contribution in [2.75, 3.05) is 6.54 Å². The van der Waals surface area contributed by atoms with E-state index < -0.39 is 5.97 Å². The van der Waals surface area contributed by atoms with Crippen molar-refractivity contribution in [3.05, 3.63) is 17.5 Å². The SMILES string of the molecule is Cc1cc(CN(CCC(=O)O)C2CC2)n(C)n1. The van der Waals surface area contributed by atoms with E-state index in [0.29, 0.717) is 12.6 Å². The van der Waals surface area contributed by atoms with E-state index in [9.17, 15) is 4.79 Å². The fourth-order valence-electron chi connectivity index (χ4n) is 2.09. The lowest BCUT2D eigenvalue weighted by Gasteiger charge is -2.20. The fraction of sp³-hybridized carbons (Fsp3) is 0.667. The molecule has 5 nitrogen and oxygen atoms in total. The summed E-state index contributed by atoms with van der Waals surface area (Å²) in [6.45, 7) is 3.40. The smallest absolute Gasteiger partial charge is 0.304 e. The van der Waals surface area contributed by atoms with Crippen LogP contribution in [0.3, 0.4) is 0 Å². The number of aryl methyl sites for hydroxylation is 2. The van der Waals surface area contributed by atoms with Crippen molar-refractivity contribution in [3.63, 3.8) is 0 Å². The summed E-state index contributed by atoms with van der Waals surface area (Å²) in [6, 6.07) is 2.64. The summed E-state index contributed by atoms with van der Waals surface area (Å²) in [7, 11) is 1.94. The van der Waals surface area contributed by atoms with Crippen molar-refractivity contribution in [1.29, 1.82) is 0 Å². The molecule has 0 saturated heterocycles. The number of nitrogens with zero attached hydrogens (tertiary/aromatic N) is 3. The van der Waals surface area contributed by atoms with Gasteiger partial charge in [-0.1, -0.05) is 0 Å². The molecule has 0 atom stereocenters. The second-order valence-corrected chi connectivity index (χ2v) is 4.75. The van der Waals surface area contributed by atoms with Crippen LogP contribution in [0.1, 0.15) is 30.7 Å². The molecule has 1 heterocycles. The Bertz CT molecular complexity index is 410. The highest BCUT2D eigenvalue weighted by molar-refractivity contribution is 5.66. The molecular weight excluding hydrogens is 218 g/mol. The molecule has 0 bridgehead atoms. The van der Waals surface area contributed by atoms with Crippen molar-refractivity contribution in [2.24, 2.45) is 7.05 Å². The number of carboxylic acid groups (broad SMARTS) is 1. The maximum absolute atomic E-state index is 10.6. The van der Waals surface area contributed by atoms with Gasteiger partial charge in [0.25, 0.3) is 0 Å². The van der Waals surface area contributed by atoms with Crippen molar-refractivity contribution >= 4 is 5.97 Å². The normalized spacial score (nSPS) is 15.5. The lowest BCUT2D eigenvalue weighted by atomic mass is 10.3. The number of hydrogen-bond acceptors (Lipinski definition) is 3. The summed E-state index contributed by atoms with van der Waals surface area (Å²) in [5.74, 6) is -0.725. The van der Waals surface area contributed by atoms with Crippen LogP contribution < -0.4 is 0 Å². The van der Waals surface area contributed by atoms with E-state index in [1.165, 1.54) is 12.8 Å². The third-order valence-corrected chi connectivity index (χ3v) is 3.14. The molecule has 17 heavy (non-hydrogen) atoms. The van der Waals surface area contributed by atoms with Crippen LogP contribution in [-0.4, -0.2) is 38.3 Å². The van der Waals surface area contributed by atoms with Crippen LogP contribution in [0.5, 0.6) is 0 Å². The van der Waals surface area contributed by atoms with Crippen molar-refractivity contribution in [1.82, 2.24) is 14.7 Å². The molecule has 0 radical (unpaired) electrons. The van der Waals surface area contributed by atoms with E-state index in [1.54, 1.807) is 0 Å². The summed E-state index contributed by atoms with van der Waals surface area (Å²) in [5.41, 5.74) is 2.16. The Morgan fingerprint density at radius 3 is 2.82 bits per heavy atom. The molecule has 0 unspecified atom stereocenters. The molecule has 1 N–H and O–H groups in total. The van der Waals surface area contributed by atoms with Gasteiger partial charge < -0.3 is 5.11 Å². The standard InChI is InChI=1S/C12H19N3O2/c1-9-7-11(14(2)13-9)8-15(10-3-4-10)6-5-12(16)17/h7,10H,3-6,8H2,1-2H3,(H,16,17). The highest BCUT2D eigenvalue weighted by Gasteiger charge is 2.29. The number of carboxylic acids is 1. The van der Waals surface area contributed by atoms with E-state index in [1.807, 2.05) is 18.7 Å². The van der Waals surface area contributed by atoms with Crippen molar-refractivity contribution < 1.29 is 9.90 Å². The second kappa shape index (κ2) is 4.87. The maximum Gasteiger partial charge on any atom is 0.304 e. The zero-order valence-corrected chi connectivity index (χ0v) is 10.4. The molecule has 2 rings (SSSR count). The quantitative estimate of drug-likeness (QED) is 0.806. The minimum absolute atomic E-state index is 0.216. The number of aliphatic carboxylic acids is 1. The van der Waals surface area contributed by atoms with Gasteiger partial charge >= 0.3 is 5.97 Å². The molecule has 1 aliphatic rings. The number of rotatable bonds is 6. The predicted molar refractivity (Wildman–Crippen MR) is 63.6 cm³/mol. The summed E-state index contributed by atoms with van der Waals surface area (Å²) in [4.78, 5) is 12.9. The Morgan fingerprint density at radius 1 is 1.65 bits per heavy atom. The van der Waals surface area contributed by atoms with E-state index in [2.05, 4.69) is 16.1 Å². The Hall–Kier alpha value is -1.36. The number of hydrogen-bond donors (Lipinski definition) is 1. The van der Waals surface area contributed by atoms with Gasteiger partial charge in [-0.3, -0.25) is 14.4 Å². The van der Waals surface area contributed by atoms with E-state index in [0.717, 1.165) is 17.9 Å². The maximum atomic E-state index is 10.6. The Kier molecular flexibility index (Phi) is 3.47. The van der Waals surface area contributed by atoms with Gasteiger partial charge in [0.05, 0.1) is 17.8 Å². The highest BCUT2D eigenvalue weighted by atomic mass is 16.4. The molecule has 0 aliphatic heterocycles. The first-order valence-electron chi connectivity index (χ1n) is 6.01. The van der Waals surface area contributed by atoms with Crippen LogP contribution in [-0.2, 0) is 18.4 Å². The summed E-state index contributed by atoms with van der Waals surface area (Å²) in [5, 5.41) is 13.1.